The molecule has 38 heavy (non-hydrogen) atoms. The Labute approximate surface area is 233 Å². The zero-order valence-electron chi connectivity index (χ0n) is 26.2. The maximum Gasteiger partial charge on any atom is 0.309 e. The molecule has 214 valence electrons. The maximum atomic E-state index is 14.1. The van der Waals surface area contributed by atoms with E-state index in [0.29, 0.717) is 35.4 Å². The molecule has 1 heterocycles. The van der Waals surface area contributed by atoms with Gasteiger partial charge in [-0.25, -0.2) is 0 Å². The molecule has 2 unspecified atom stereocenters. The highest BCUT2D eigenvalue weighted by Crippen LogP contribution is 2.75. The average molecular weight is 525 g/mol. The number of hydrogen-bond donors (Lipinski definition) is 0. The first-order valence-electron chi connectivity index (χ1n) is 16.0. The molecular weight excluding hydrogens is 468 g/mol. The fourth-order valence-electron chi connectivity index (χ4n) is 11.2. The Kier molecular flexibility index (Phi) is 6.68. The van der Waals surface area contributed by atoms with Crippen molar-refractivity contribution in [1.82, 2.24) is 0 Å². The van der Waals surface area contributed by atoms with E-state index >= 15 is 0 Å². The molecule has 1 aliphatic heterocycles. The van der Waals surface area contributed by atoms with Gasteiger partial charge in [0.2, 0.25) is 0 Å². The molecule has 5 aliphatic rings. The number of allylic oxidation sites excluding steroid dienone is 2. The molecule has 3 nitrogen and oxygen atoms in total. The van der Waals surface area contributed by atoms with Gasteiger partial charge in [-0.15, -0.1) is 0 Å². The van der Waals surface area contributed by atoms with Crippen molar-refractivity contribution in [3.05, 3.63) is 11.6 Å². The summed E-state index contributed by atoms with van der Waals surface area (Å²) in [5, 5.41) is 0. The normalized spacial score (nSPS) is 51.0. The molecule has 3 saturated carbocycles. The van der Waals surface area contributed by atoms with Gasteiger partial charge in [0.15, 0.2) is 5.78 Å². The molecular formula is C35H56O3. The first kappa shape index (κ1) is 28.4. The van der Waals surface area contributed by atoms with Gasteiger partial charge < -0.3 is 4.74 Å². The van der Waals surface area contributed by atoms with Crippen LogP contribution in [0.2, 0.25) is 0 Å². The summed E-state index contributed by atoms with van der Waals surface area (Å²) < 4.78 is 6.25. The smallest absolute Gasteiger partial charge is 0.309 e. The van der Waals surface area contributed by atoms with Crippen LogP contribution in [0.3, 0.4) is 0 Å². The number of rotatable bonds is 4. The summed E-state index contributed by atoms with van der Waals surface area (Å²) in [6.45, 7) is 23.7. The average Bonchev–Trinajstić information content (AvgIpc) is 3.12. The van der Waals surface area contributed by atoms with Gasteiger partial charge in [-0.05, 0) is 103 Å². The number of fused-ring (bicyclic) bond motifs is 5. The Balaban J connectivity index is 1.50. The van der Waals surface area contributed by atoms with Crippen LogP contribution in [0.25, 0.3) is 0 Å². The van der Waals surface area contributed by atoms with Crippen LogP contribution in [0.5, 0.6) is 0 Å². The minimum atomic E-state index is -0.240. The lowest BCUT2D eigenvalue weighted by Crippen LogP contribution is -2.61. The number of esters is 1. The van der Waals surface area contributed by atoms with E-state index in [4.69, 9.17) is 4.74 Å². The van der Waals surface area contributed by atoms with Crippen molar-refractivity contribution in [3.63, 3.8) is 0 Å². The van der Waals surface area contributed by atoms with Crippen molar-refractivity contribution < 1.29 is 14.3 Å². The lowest BCUT2D eigenvalue weighted by Gasteiger charge is -2.65. The summed E-state index contributed by atoms with van der Waals surface area (Å²) in [7, 11) is 0. The molecule has 0 radical (unpaired) electrons. The summed E-state index contributed by atoms with van der Waals surface area (Å²) >= 11 is 0. The number of cyclic esters (lactones) is 1. The molecule has 11 atom stereocenters. The van der Waals surface area contributed by atoms with E-state index in [9.17, 15) is 9.59 Å². The molecule has 1 saturated heterocycles. The van der Waals surface area contributed by atoms with Crippen LogP contribution in [0, 0.1) is 62.6 Å². The first-order chi connectivity index (χ1) is 17.6. The van der Waals surface area contributed by atoms with E-state index in [-0.39, 0.29) is 45.1 Å². The van der Waals surface area contributed by atoms with Crippen molar-refractivity contribution >= 4 is 11.8 Å². The van der Waals surface area contributed by atoms with Crippen molar-refractivity contribution in [3.8, 4) is 0 Å². The molecule has 0 spiro atoms. The minimum Gasteiger partial charge on any atom is -0.462 e. The topological polar surface area (TPSA) is 43.4 Å². The first-order valence-corrected chi connectivity index (χ1v) is 16.0. The molecule has 0 aromatic rings. The number of ketones is 1. The van der Waals surface area contributed by atoms with Crippen molar-refractivity contribution in [2.24, 2.45) is 62.6 Å². The predicted molar refractivity (Wildman–Crippen MR) is 154 cm³/mol. The van der Waals surface area contributed by atoms with Crippen molar-refractivity contribution in [2.75, 3.05) is 0 Å². The third kappa shape index (κ3) is 3.57. The van der Waals surface area contributed by atoms with Crippen LogP contribution >= 0.6 is 0 Å². The molecule has 4 fully saturated rings. The van der Waals surface area contributed by atoms with Crippen molar-refractivity contribution in [1.29, 1.82) is 0 Å². The highest BCUT2D eigenvalue weighted by molar-refractivity contribution is 5.97. The van der Waals surface area contributed by atoms with E-state index in [1.165, 1.54) is 18.4 Å². The van der Waals surface area contributed by atoms with E-state index in [1.807, 2.05) is 0 Å². The Hall–Kier alpha value is -1.12. The Morgan fingerprint density at radius 1 is 0.921 bits per heavy atom. The molecule has 0 bridgehead atoms. The molecule has 0 N–H and O–H groups in total. The second-order valence-electron chi connectivity index (χ2n) is 16.3. The van der Waals surface area contributed by atoms with Crippen LogP contribution in [0.4, 0.5) is 0 Å². The zero-order valence-corrected chi connectivity index (χ0v) is 26.2. The van der Waals surface area contributed by atoms with Crippen LogP contribution in [-0.4, -0.2) is 17.9 Å². The van der Waals surface area contributed by atoms with Gasteiger partial charge in [-0.2, -0.15) is 0 Å². The SMILES string of the molecule is CCCC1C[C@H](C(C)(C)[C@H]2CC[C@@]3(C)C4=CC(=O)[C@]5(C)C[C@@H](C)[C@@H](C)C[C@]5(C)C4CC[C@]23C)OC(=O)[C@@H]1C. The summed E-state index contributed by atoms with van der Waals surface area (Å²) in [5.74, 6) is 3.08. The molecule has 0 aromatic carbocycles. The molecule has 5 rings (SSSR count). The summed E-state index contributed by atoms with van der Waals surface area (Å²) in [6.07, 6.45) is 12.2. The third-order valence-electron chi connectivity index (χ3n) is 14.5. The summed E-state index contributed by atoms with van der Waals surface area (Å²) in [6, 6.07) is 0. The van der Waals surface area contributed by atoms with Gasteiger partial charge in [0.05, 0.1) is 5.92 Å². The monoisotopic (exact) mass is 524 g/mol. The van der Waals surface area contributed by atoms with Gasteiger partial charge in [0, 0.05) is 10.8 Å². The quantitative estimate of drug-likeness (QED) is 0.345. The van der Waals surface area contributed by atoms with Gasteiger partial charge in [-0.3, -0.25) is 9.59 Å². The number of carbonyl (C=O) groups is 2. The van der Waals surface area contributed by atoms with Gasteiger partial charge in [0.25, 0.3) is 0 Å². The van der Waals surface area contributed by atoms with E-state index in [2.05, 4.69) is 75.3 Å². The number of ether oxygens (including phenoxy) is 1. The highest BCUT2D eigenvalue weighted by atomic mass is 16.5. The van der Waals surface area contributed by atoms with Gasteiger partial charge in [-0.1, -0.05) is 81.2 Å². The summed E-state index contributed by atoms with van der Waals surface area (Å²) in [4.78, 5) is 27.0. The molecule has 0 aromatic heterocycles. The predicted octanol–water partition coefficient (Wildman–Crippen LogP) is 8.80. The minimum absolute atomic E-state index is 0.0100. The largest absolute Gasteiger partial charge is 0.462 e. The van der Waals surface area contributed by atoms with E-state index in [1.54, 1.807) is 0 Å². The van der Waals surface area contributed by atoms with Crippen molar-refractivity contribution in [2.45, 2.75) is 133 Å². The van der Waals surface area contributed by atoms with Crippen LogP contribution < -0.4 is 0 Å². The van der Waals surface area contributed by atoms with Crippen LogP contribution in [-0.2, 0) is 14.3 Å². The lowest BCUT2D eigenvalue weighted by molar-refractivity contribution is -0.182. The Morgan fingerprint density at radius 3 is 2.24 bits per heavy atom. The van der Waals surface area contributed by atoms with E-state index in [0.717, 1.165) is 44.9 Å². The molecule has 0 amide bonds. The molecule has 3 heteroatoms. The maximum absolute atomic E-state index is 14.1. The second-order valence-corrected chi connectivity index (χ2v) is 16.3. The molecule has 4 aliphatic carbocycles. The van der Waals surface area contributed by atoms with Crippen LogP contribution in [0.1, 0.15) is 127 Å². The van der Waals surface area contributed by atoms with Gasteiger partial charge >= 0.3 is 5.97 Å². The van der Waals surface area contributed by atoms with Crippen LogP contribution in [0.15, 0.2) is 11.6 Å². The number of carbonyl (C=O) groups excluding carboxylic acids is 2. The van der Waals surface area contributed by atoms with Gasteiger partial charge in [0.1, 0.15) is 6.10 Å². The standard InChI is InChI=1S/C35H56O3/c1-11-12-24-17-29(38-30(37)23(24)4)31(5,6)27-14-16-32(7)26-18-28(36)35(10)20-22(3)21(2)19-34(35,9)25(26)13-15-33(27,32)8/h18,21-25,27,29H,11-17,19-20H2,1-10H3/t21-,22+,23+,24?,25?,27+,29+,32-,33+,34+,35-/m0/s1. The third-order valence-corrected chi connectivity index (χ3v) is 14.5. The lowest BCUT2D eigenvalue weighted by atomic mass is 9.38. The Bertz CT molecular complexity index is 1020. The van der Waals surface area contributed by atoms with E-state index < -0.39 is 0 Å². The second kappa shape index (κ2) is 8.94. The fourth-order valence-corrected chi connectivity index (χ4v) is 11.2. The zero-order chi connectivity index (χ0) is 28.1. The summed E-state index contributed by atoms with van der Waals surface area (Å²) in [5.41, 5.74) is 1.32. The fraction of sp³-hybridized carbons (Fsp3) is 0.886. The number of hydrogen-bond acceptors (Lipinski definition) is 3. The Morgan fingerprint density at radius 2 is 1.58 bits per heavy atom. The highest BCUT2D eigenvalue weighted by Gasteiger charge is 2.69.